The van der Waals surface area contributed by atoms with Gasteiger partial charge in [0.2, 0.25) is 0 Å². The Hall–Kier alpha value is -2.62. The van der Waals surface area contributed by atoms with Crippen LogP contribution in [0.25, 0.3) is 0 Å². The summed E-state index contributed by atoms with van der Waals surface area (Å²) < 4.78 is 12.2. The molecule has 0 N–H and O–H groups in total. The third kappa shape index (κ3) is 3.10. The number of rotatable bonds is 4. The molecule has 4 heteroatoms. The summed E-state index contributed by atoms with van der Waals surface area (Å²) in [5.74, 6) is 2.74. The molecule has 2 aromatic rings. The minimum atomic E-state index is -0.342. The number of hydrogen-bond donors (Lipinski definition) is 0. The monoisotopic (exact) mass is 416 g/mol. The van der Waals surface area contributed by atoms with E-state index in [2.05, 4.69) is 0 Å². The summed E-state index contributed by atoms with van der Waals surface area (Å²) in [6, 6.07) is 18.3. The van der Waals surface area contributed by atoms with Crippen LogP contribution in [0.2, 0.25) is 0 Å². The molecule has 0 radical (unpaired) electrons. The van der Waals surface area contributed by atoms with E-state index in [1.807, 2.05) is 36.4 Å². The van der Waals surface area contributed by atoms with Crippen LogP contribution in [-0.2, 0) is 9.47 Å². The predicted octanol–water partition coefficient (Wildman–Crippen LogP) is 5.14. The molecule has 6 atom stereocenters. The van der Waals surface area contributed by atoms with Gasteiger partial charge in [-0.15, -0.1) is 0 Å². The summed E-state index contributed by atoms with van der Waals surface area (Å²) >= 11 is 0. The first-order valence-corrected chi connectivity index (χ1v) is 11.7. The highest BCUT2D eigenvalue weighted by Gasteiger charge is 2.66. The number of fused-ring (bicyclic) bond motifs is 4. The maximum absolute atomic E-state index is 12.9. The van der Waals surface area contributed by atoms with E-state index in [1.54, 1.807) is 24.3 Å². The molecule has 6 unspecified atom stereocenters. The average Bonchev–Trinajstić information content (AvgIpc) is 3.40. The lowest BCUT2D eigenvalue weighted by Gasteiger charge is -2.53. The Morgan fingerprint density at radius 2 is 1.00 bits per heavy atom. The van der Waals surface area contributed by atoms with Crippen LogP contribution in [0.5, 0.6) is 0 Å². The summed E-state index contributed by atoms with van der Waals surface area (Å²) in [7, 11) is 0. The Labute approximate surface area is 182 Å². The van der Waals surface area contributed by atoms with Gasteiger partial charge in [-0.2, -0.15) is 0 Å². The smallest absolute Gasteiger partial charge is 0.338 e. The minimum Gasteiger partial charge on any atom is -0.455 e. The van der Waals surface area contributed by atoms with Crippen LogP contribution in [0.15, 0.2) is 60.7 Å². The standard InChI is InChI=1S/C27H28O4/c28-26(18-7-3-1-4-8-18)30-24-20-15-21(23-17-13-11-16(12-14-17)22(20)23)25(24)31-27(29)19-9-5-2-6-10-19/h1-10,16-17,20-25H,11-15H2. The van der Waals surface area contributed by atoms with Gasteiger partial charge in [0.15, 0.2) is 0 Å². The fourth-order valence-electron chi connectivity index (χ4n) is 7.48. The van der Waals surface area contributed by atoms with Gasteiger partial charge in [0.1, 0.15) is 12.2 Å². The van der Waals surface area contributed by atoms with Gasteiger partial charge in [0, 0.05) is 11.8 Å². The van der Waals surface area contributed by atoms with E-state index in [0.29, 0.717) is 34.8 Å². The first-order chi connectivity index (χ1) is 15.2. The van der Waals surface area contributed by atoms with Crippen LogP contribution < -0.4 is 0 Å². The number of esters is 2. The molecule has 2 aromatic carbocycles. The first kappa shape index (κ1) is 19.1. The van der Waals surface area contributed by atoms with Crippen molar-refractivity contribution < 1.29 is 19.1 Å². The zero-order valence-corrected chi connectivity index (χ0v) is 17.6. The summed E-state index contributed by atoms with van der Waals surface area (Å²) in [4.78, 5) is 25.9. The number of benzene rings is 2. The Morgan fingerprint density at radius 3 is 1.39 bits per heavy atom. The fourth-order valence-corrected chi connectivity index (χ4v) is 7.48. The first-order valence-electron chi connectivity index (χ1n) is 11.7. The Morgan fingerprint density at radius 1 is 0.613 bits per heavy atom. The molecule has 0 heterocycles. The van der Waals surface area contributed by atoms with Crippen molar-refractivity contribution in [3.63, 3.8) is 0 Å². The molecular weight excluding hydrogens is 388 g/mol. The maximum Gasteiger partial charge on any atom is 0.338 e. The largest absolute Gasteiger partial charge is 0.455 e. The van der Waals surface area contributed by atoms with Crippen molar-refractivity contribution in [3.8, 4) is 0 Å². The van der Waals surface area contributed by atoms with Crippen LogP contribution in [0.1, 0.15) is 52.8 Å². The van der Waals surface area contributed by atoms with Gasteiger partial charge >= 0.3 is 11.9 Å². The van der Waals surface area contributed by atoms with E-state index in [9.17, 15) is 9.59 Å². The van der Waals surface area contributed by atoms with Crippen LogP contribution >= 0.6 is 0 Å². The van der Waals surface area contributed by atoms with Crippen LogP contribution in [0.4, 0.5) is 0 Å². The van der Waals surface area contributed by atoms with E-state index in [1.165, 1.54) is 25.7 Å². The van der Waals surface area contributed by atoms with E-state index >= 15 is 0 Å². The lowest BCUT2D eigenvalue weighted by Crippen LogP contribution is -2.53. The summed E-state index contributed by atoms with van der Waals surface area (Å²) in [5, 5.41) is 0. The molecule has 0 aliphatic heterocycles. The fraction of sp³-hybridized carbons (Fsp3) is 0.481. The lowest BCUT2D eigenvalue weighted by atomic mass is 9.54. The molecule has 0 saturated heterocycles. The predicted molar refractivity (Wildman–Crippen MR) is 115 cm³/mol. The SMILES string of the molecule is O=C(OC1C2CC(C1OC(=O)c1ccccc1)C1C3CCC(CC3)C21)c1ccccc1. The Balaban J connectivity index is 1.29. The highest BCUT2D eigenvalue weighted by molar-refractivity contribution is 5.90. The average molecular weight is 417 g/mol. The van der Waals surface area contributed by atoms with Gasteiger partial charge in [-0.3, -0.25) is 0 Å². The van der Waals surface area contributed by atoms with E-state index in [4.69, 9.17) is 9.47 Å². The normalized spacial score (nSPS) is 37.3. The van der Waals surface area contributed by atoms with Crippen molar-refractivity contribution in [2.75, 3.05) is 0 Å². The molecule has 5 fully saturated rings. The molecule has 0 aromatic heterocycles. The van der Waals surface area contributed by atoms with Gasteiger partial charge in [0.05, 0.1) is 11.1 Å². The zero-order chi connectivity index (χ0) is 20.9. The maximum atomic E-state index is 12.9. The van der Waals surface area contributed by atoms with Crippen LogP contribution in [0.3, 0.4) is 0 Å². The molecule has 0 amide bonds. The van der Waals surface area contributed by atoms with Gasteiger partial charge in [-0.05, 0) is 80.0 Å². The number of ether oxygens (including phenoxy) is 2. The summed E-state index contributed by atoms with van der Waals surface area (Å²) in [6.45, 7) is 0. The minimum absolute atomic E-state index is 0.309. The van der Waals surface area contributed by atoms with Gasteiger partial charge < -0.3 is 9.47 Å². The van der Waals surface area contributed by atoms with Gasteiger partial charge in [-0.25, -0.2) is 9.59 Å². The zero-order valence-electron chi connectivity index (χ0n) is 17.6. The van der Waals surface area contributed by atoms with Crippen molar-refractivity contribution >= 4 is 11.9 Å². The highest BCUT2D eigenvalue weighted by Crippen LogP contribution is 2.66. The number of carbonyl (C=O) groups excluding carboxylic acids is 2. The van der Waals surface area contributed by atoms with Crippen LogP contribution in [0, 0.1) is 35.5 Å². The van der Waals surface area contributed by atoms with E-state index in [-0.39, 0.29) is 24.1 Å². The van der Waals surface area contributed by atoms with E-state index in [0.717, 1.165) is 18.3 Å². The Kier molecular flexibility index (Phi) is 4.62. The topological polar surface area (TPSA) is 52.6 Å². The van der Waals surface area contributed by atoms with Crippen molar-refractivity contribution in [1.82, 2.24) is 0 Å². The quantitative estimate of drug-likeness (QED) is 0.648. The molecular formula is C27H28O4. The molecule has 31 heavy (non-hydrogen) atoms. The van der Waals surface area contributed by atoms with Gasteiger partial charge in [-0.1, -0.05) is 36.4 Å². The molecule has 7 rings (SSSR count). The second-order valence-electron chi connectivity index (χ2n) is 9.86. The second kappa shape index (κ2) is 7.51. The summed E-state index contributed by atoms with van der Waals surface area (Å²) in [6.07, 6.45) is 5.57. The molecule has 4 nitrogen and oxygen atoms in total. The third-order valence-electron chi connectivity index (χ3n) is 8.56. The molecule has 0 spiro atoms. The van der Waals surface area contributed by atoms with Crippen molar-refractivity contribution in [2.24, 2.45) is 35.5 Å². The Bertz CT molecular complexity index is 884. The van der Waals surface area contributed by atoms with Crippen molar-refractivity contribution in [2.45, 2.75) is 44.3 Å². The highest BCUT2D eigenvalue weighted by atomic mass is 16.6. The lowest BCUT2D eigenvalue weighted by molar-refractivity contribution is -0.123. The van der Waals surface area contributed by atoms with Crippen LogP contribution in [-0.4, -0.2) is 24.1 Å². The second-order valence-corrected chi connectivity index (χ2v) is 9.86. The molecule has 5 saturated carbocycles. The van der Waals surface area contributed by atoms with Crippen molar-refractivity contribution in [1.29, 1.82) is 0 Å². The third-order valence-corrected chi connectivity index (χ3v) is 8.56. The molecule has 160 valence electrons. The van der Waals surface area contributed by atoms with Crippen molar-refractivity contribution in [3.05, 3.63) is 71.8 Å². The van der Waals surface area contributed by atoms with Gasteiger partial charge in [0.25, 0.3) is 0 Å². The number of hydrogen-bond acceptors (Lipinski definition) is 4. The molecule has 5 aliphatic carbocycles. The number of carbonyl (C=O) groups is 2. The molecule has 5 aliphatic rings. The summed E-state index contributed by atoms with van der Waals surface area (Å²) in [5.41, 5.74) is 1.11. The molecule has 4 bridgehead atoms. The van der Waals surface area contributed by atoms with E-state index < -0.39 is 0 Å².